The highest BCUT2D eigenvalue weighted by Crippen LogP contribution is 2.18. The Morgan fingerprint density at radius 3 is 2.80 bits per heavy atom. The highest BCUT2D eigenvalue weighted by Gasteiger charge is 2.08. The van der Waals surface area contributed by atoms with Gasteiger partial charge in [-0.1, -0.05) is 12.1 Å². The van der Waals surface area contributed by atoms with Crippen LogP contribution in [0, 0.1) is 6.92 Å². The van der Waals surface area contributed by atoms with Crippen molar-refractivity contribution >= 4 is 16.9 Å². The van der Waals surface area contributed by atoms with Gasteiger partial charge in [-0.25, -0.2) is 0 Å². The first-order valence-electron chi connectivity index (χ1n) is 5.00. The van der Waals surface area contributed by atoms with Crippen molar-refractivity contribution in [3.63, 3.8) is 0 Å². The molecule has 1 aromatic heterocycles. The van der Waals surface area contributed by atoms with E-state index in [4.69, 9.17) is 4.42 Å². The van der Waals surface area contributed by atoms with E-state index in [9.17, 15) is 4.79 Å². The van der Waals surface area contributed by atoms with E-state index in [2.05, 4.69) is 5.32 Å². The van der Waals surface area contributed by atoms with Crippen molar-refractivity contribution in [3.8, 4) is 0 Å². The Kier molecular flexibility index (Phi) is 2.46. The molecule has 1 aromatic carbocycles. The minimum absolute atomic E-state index is 0.0350. The van der Waals surface area contributed by atoms with Crippen molar-refractivity contribution < 1.29 is 4.42 Å². The molecule has 1 heterocycles. The van der Waals surface area contributed by atoms with Crippen molar-refractivity contribution in [2.75, 3.05) is 11.9 Å². The average Bonchev–Trinajstić information content (AvgIpc) is 2.26. The molecule has 0 atom stereocenters. The second-order valence-corrected chi connectivity index (χ2v) is 3.41. The second-order valence-electron chi connectivity index (χ2n) is 3.41. The zero-order chi connectivity index (χ0) is 10.8. The molecule has 0 radical (unpaired) electrons. The van der Waals surface area contributed by atoms with E-state index < -0.39 is 0 Å². The molecule has 2 aromatic rings. The van der Waals surface area contributed by atoms with Gasteiger partial charge in [0.05, 0.1) is 10.9 Å². The maximum Gasteiger partial charge on any atom is 0.200 e. The van der Waals surface area contributed by atoms with Gasteiger partial charge in [0, 0.05) is 6.54 Å². The third-order valence-corrected chi connectivity index (χ3v) is 2.36. The molecule has 0 aliphatic heterocycles. The normalized spacial score (nSPS) is 10.5. The molecule has 15 heavy (non-hydrogen) atoms. The van der Waals surface area contributed by atoms with Gasteiger partial charge in [0.25, 0.3) is 0 Å². The van der Waals surface area contributed by atoms with E-state index in [1.165, 1.54) is 0 Å². The molecular weight excluding hydrogens is 190 g/mol. The summed E-state index contributed by atoms with van der Waals surface area (Å²) in [4.78, 5) is 11.9. The topological polar surface area (TPSA) is 42.2 Å². The van der Waals surface area contributed by atoms with Gasteiger partial charge < -0.3 is 9.73 Å². The molecule has 0 saturated heterocycles. The summed E-state index contributed by atoms with van der Waals surface area (Å²) in [7, 11) is 0. The number of nitrogens with one attached hydrogen (secondary N) is 1. The molecule has 3 heteroatoms. The van der Waals surface area contributed by atoms with Crippen LogP contribution in [0.15, 0.2) is 33.5 Å². The zero-order valence-corrected chi connectivity index (χ0v) is 8.83. The fourth-order valence-electron chi connectivity index (χ4n) is 1.56. The molecule has 0 unspecified atom stereocenters. The first-order chi connectivity index (χ1) is 7.24. The fraction of sp³-hybridized carbons (Fsp3) is 0.250. The molecule has 0 fully saturated rings. The van der Waals surface area contributed by atoms with Crippen molar-refractivity contribution in [2.24, 2.45) is 0 Å². The fourth-order valence-corrected chi connectivity index (χ4v) is 1.56. The molecule has 0 aliphatic rings. The van der Waals surface area contributed by atoms with E-state index in [0.29, 0.717) is 22.4 Å². The SMILES string of the molecule is CCNc1oc2ccccc2c(=O)c1C. The summed E-state index contributed by atoms with van der Waals surface area (Å²) in [6.07, 6.45) is 0. The van der Waals surface area contributed by atoms with E-state index in [-0.39, 0.29) is 5.43 Å². The lowest BCUT2D eigenvalue weighted by atomic mass is 10.2. The van der Waals surface area contributed by atoms with Crippen LogP contribution in [0.25, 0.3) is 11.0 Å². The van der Waals surface area contributed by atoms with Crippen LogP contribution in [0.3, 0.4) is 0 Å². The number of hydrogen-bond donors (Lipinski definition) is 1. The summed E-state index contributed by atoms with van der Waals surface area (Å²) in [5.74, 6) is 0.571. The van der Waals surface area contributed by atoms with Crippen molar-refractivity contribution in [1.82, 2.24) is 0 Å². The minimum Gasteiger partial charge on any atom is -0.440 e. The van der Waals surface area contributed by atoms with Crippen molar-refractivity contribution in [2.45, 2.75) is 13.8 Å². The highest BCUT2D eigenvalue weighted by molar-refractivity contribution is 5.78. The van der Waals surface area contributed by atoms with E-state index >= 15 is 0 Å². The monoisotopic (exact) mass is 203 g/mol. The number of fused-ring (bicyclic) bond motifs is 1. The molecule has 78 valence electrons. The van der Waals surface area contributed by atoms with E-state index in [0.717, 1.165) is 6.54 Å². The lowest BCUT2D eigenvalue weighted by molar-refractivity contribution is 0.611. The van der Waals surface area contributed by atoms with Gasteiger partial charge >= 0.3 is 0 Å². The van der Waals surface area contributed by atoms with Gasteiger partial charge in [-0.3, -0.25) is 4.79 Å². The number of hydrogen-bond acceptors (Lipinski definition) is 3. The number of rotatable bonds is 2. The van der Waals surface area contributed by atoms with E-state index in [1.807, 2.05) is 19.1 Å². The molecule has 1 N–H and O–H groups in total. The summed E-state index contributed by atoms with van der Waals surface area (Å²) in [5, 5.41) is 3.68. The Hall–Kier alpha value is -1.77. The summed E-state index contributed by atoms with van der Waals surface area (Å²) < 4.78 is 5.60. The Morgan fingerprint density at radius 2 is 2.07 bits per heavy atom. The number of anilines is 1. The zero-order valence-electron chi connectivity index (χ0n) is 8.83. The molecule has 2 rings (SSSR count). The van der Waals surface area contributed by atoms with Crippen molar-refractivity contribution in [1.29, 1.82) is 0 Å². The number of benzene rings is 1. The Balaban J connectivity index is 2.77. The van der Waals surface area contributed by atoms with Crippen molar-refractivity contribution in [3.05, 3.63) is 40.1 Å². The van der Waals surface area contributed by atoms with Gasteiger partial charge in [-0.15, -0.1) is 0 Å². The summed E-state index contributed by atoms with van der Waals surface area (Å²) in [6, 6.07) is 7.28. The lowest BCUT2D eigenvalue weighted by Gasteiger charge is -2.06. The number of para-hydroxylation sites is 1. The lowest BCUT2D eigenvalue weighted by Crippen LogP contribution is -2.10. The van der Waals surface area contributed by atoms with E-state index in [1.54, 1.807) is 19.1 Å². The highest BCUT2D eigenvalue weighted by atomic mass is 16.3. The predicted molar refractivity (Wildman–Crippen MR) is 61.4 cm³/mol. The van der Waals surface area contributed by atoms with Gasteiger partial charge in [-0.05, 0) is 26.0 Å². The first kappa shape index (κ1) is 9.77. The Bertz CT molecular complexity index is 543. The Morgan fingerprint density at radius 1 is 1.33 bits per heavy atom. The molecular formula is C12H13NO2. The van der Waals surface area contributed by atoms with Gasteiger partial charge in [0.15, 0.2) is 11.3 Å². The first-order valence-corrected chi connectivity index (χ1v) is 5.00. The molecule has 0 spiro atoms. The van der Waals surface area contributed by atoms with Crippen LogP contribution in [-0.2, 0) is 0 Å². The predicted octanol–water partition coefficient (Wildman–Crippen LogP) is 2.53. The summed E-state index contributed by atoms with van der Waals surface area (Å²) in [5.41, 5.74) is 1.30. The van der Waals surface area contributed by atoms with Crippen LogP contribution >= 0.6 is 0 Å². The third kappa shape index (κ3) is 1.61. The summed E-state index contributed by atoms with van der Waals surface area (Å²) in [6.45, 7) is 4.48. The maximum atomic E-state index is 11.9. The third-order valence-electron chi connectivity index (χ3n) is 2.36. The van der Waals surface area contributed by atoms with Gasteiger partial charge in [0.1, 0.15) is 5.58 Å². The maximum absolute atomic E-state index is 11.9. The smallest absolute Gasteiger partial charge is 0.200 e. The molecule has 0 bridgehead atoms. The molecule has 0 amide bonds. The van der Waals surface area contributed by atoms with Gasteiger partial charge in [0.2, 0.25) is 0 Å². The minimum atomic E-state index is 0.0350. The second kappa shape index (κ2) is 3.77. The van der Waals surface area contributed by atoms with Crippen LogP contribution < -0.4 is 10.7 Å². The average molecular weight is 203 g/mol. The molecule has 3 nitrogen and oxygen atoms in total. The van der Waals surface area contributed by atoms with Crippen LogP contribution in [0.1, 0.15) is 12.5 Å². The quantitative estimate of drug-likeness (QED) is 0.815. The van der Waals surface area contributed by atoms with Crippen LogP contribution in [0.2, 0.25) is 0 Å². The largest absolute Gasteiger partial charge is 0.440 e. The standard InChI is InChI=1S/C12H13NO2/c1-3-13-12-8(2)11(14)9-6-4-5-7-10(9)15-12/h4-7,13H,3H2,1-2H3. The van der Waals surface area contributed by atoms with Gasteiger partial charge in [-0.2, -0.15) is 0 Å². The summed E-state index contributed by atoms with van der Waals surface area (Å²) >= 11 is 0. The van der Waals surface area contributed by atoms with Crippen LogP contribution in [-0.4, -0.2) is 6.54 Å². The molecule has 0 aliphatic carbocycles. The van der Waals surface area contributed by atoms with Crippen LogP contribution in [0.4, 0.5) is 5.88 Å². The van der Waals surface area contributed by atoms with Crippen LogP contribution in [0.5, 0.6) is 0 Å². The Labute approximate surface area is 87.7 Å². The molecule has 0 saturated carbocycles.